The minimum absolute atomic E-state index is 0.666. The summed E-state index contributed by atoms with van der Waals surface area (Å²) in [6, 6.07) is 7.42. The first-order valence-electron chi connectivity index (χ1n) is 5.94. The Morgan fingerprint density at radius 3 is 2.84 bits per heavy atom. The summed E-state index contributed by atoms with van der Waals surface area (Å²) in [5.41, 5.74) is 9.08. The zero-order valence-electron chi connectivity index (χ0n) is 10.8. The average Bonchev–Trinajstić information content (AvgIpc) is 2.74. The van der Waals surface area contributed by atoms with Crippen LogP contribution < -0.4 is 10.5 Å². The molecular weight excluding hydrogens is 240 g/mol. The Morgan fingerprint density at radius 2 is 2.05 bits per heavy atom. The highest BCUT2D eigenvalue weighted by atomic mass is 16.5. The highest BCUT2D eigenvalue weighted by molar-refractivity contribution is 5.72. The summed E-state index contributed by atoms with van der Waals surface area (Å²) in [5.74, 6) is 1.44. The van der Waals surface area contributed by atoms with Gasteiger partial charge in [0.2, 0.25) is 0 Å². The van der Waals surface area contributed by atoms with Gasteiger partial charge in [-0.15, -0.1) is 0 Å². The van der Waals surface area contributed by atoms with Crippen LogP contribution in [0.4, 0.5) is 5.69 Å². The number of hydrogen-bond donors (Lipinski definition) is 1. The molecule has 0 radical (unpaired) electrons. The largest absolute Gasteiger partial charge is 0.455 e. The summed E-state index contributed by atoms with van der Waals surface area (Å²) in [6.07, 6.45) is 3.43. The maximum absolute atomic E-state index is 5.81. The molecule has 0 amide bonds. The van der Waals surface area contributed by atoms with E-state index in [0.29, 0.717) is 5.75 Å². The third kappa shape index (κ3) is 2.10. The number of rotatable bonds is 2. The third-order valence-corrected chi connectivity index (χ3v) is 2.95. The fraction of sp³-hybridized carbons (Fsp3) is 0.143. The van der Waals surface area contributed by atoms with E-state index < -0.39 is 0 Å². The fourth-order valence-corrected chi connectivity index (χ4v) is 1.97. The molecule has 0 spiro atoms. The lowest BCUT2D eigenvalue weighted by atomic mass is 10.2. The standard InChI is InChI=1S/C14H14N4O/c1-9-5-10(15)3-4-13(9)19-11-6-12-14(16-7-11)18(2)8-17-12/h3-8H,15H2,1-2H3. The van der Waals surface area contributed by atoms with E-state index in [2.05, 4.69) is 9.97 Å². The molecular formula is C14H14N4O. The molecule has 2 N–H and O–H groups in total. The number of nitrogen functional groups attached to an aromatic ring is 1. The average molecular weight is 254 g/mol. The van der Waals surface area contributed by atoms with E-state index in [4.69, 9.17) is 10.5 Å². The van der Waals surface area contributed by atoms with Crippen LogP contribution in [0.25, 0.3) is 11.2 Å². The van der Waals surface area contributed by atoms with E-state index >= 15 is 0 Å². The zero-order chi connectivity index (χ0) is 13.4. The minimum Gasteiger partial charge on any atom is -0.455 e. The van der Waals surface area contributed by atoms with Crippen LogP contribution in [0.3, 0.4) is 0 Å². The molecule has 5 heteroatoms. The number of aryl methyl sites for hydroxylation is 2. The van der Waals surface area contributed by atoms with Gasteiger partial charge in [-0.05, 0) is 30.7 Å². The first-order chi connectivity index (χ1) is 9.13. The van der Waals surface area contributed by atoms with Crippen molar-refractivity contribution >= 4 is 16.9 Å². The predicted octanol–water partition coefficient (Wildman–Crippen LogP) is 2.65. The van der Waals surface area contributed by atoms with E-state index in [0.717, 1.165) is 28.2 Å². The lowest BCUT2D eigenvalue weighted by molar-refractivity contribution is 0.477. The van der Waals surface area contributed by atoms with Crippen molar-refractivity contribution in [3.05, 3.63) is 42.4 Å². The second-order valence-electron chi connectivity index (χ2n) is 4.50. The van der Waals surface area contributed by atoms with Crippen LogP contribution in [-0.4, -0.2) is 14.5 Å². The molecule has 1 aromatic carbocycles. The Balaban J connectivity index is 1.96. The van der Waals surface area contributed by atoms with Gasteiger partial charge in [0, 0.05) is 18.8 Å². The lowest BCUT2D eigenvalue weighted by Gasteiger charge is -2.08. The number of nitrogens with zero attached hydrogens (tertiary/aromatic N) is 3. The van der Waals surface area contributed by atoms with Gasteiger partial charge in [0.1, 0.15) is 17.0 Å². The predicted molar refractivity (Wildman–Crippen MR) is 74.2 cm³/mol. The molecule has 0 unspecified atom stereocenters. The highest BCUT2D eigenvalue weighted by Crippen LogP contribution is 2.27. The smallest absolute Gasteiger partial charge is 0.159 e. The monoisotopic (exact) mass is 254 g/mol. The second kappa shape index (κ2) is 4.28. The number of nitrogens with two attached hydrogens (primary N) is 1. The van der Waals surface area contributed by atoms with Gasteiger partial charge >= 0.3 is 0 Å². The minimum atomic E-state index is 0.666. The number of pyridine rings is 1. The number of benzene rings is 1. The molecule has 0 saturated heterocycles. The molecule has 0 saturated carbocycles. The van der Waals surface area contributed by atoms with Crippen molar-refractivity contribution in [1.29, 1.82) is 0 Å². The molecule has 96 valence electrons. The van der Waals surface area contributed by atoms with E-state index in [1.54, 1.807) is 12.5 Å². The summed E-state index contributed by atoms with van der Waals surface area (Å²) >= 11 is 0. The number of imidazole rings is 1. The van der Waals surface area contributed by atoms with E-state index in [1.165, 1.54) is 0 Å². The SMILES string of the molecule is Cc1cc(N)ccc1Oc1cnc2c(c1)ncn2C. The van der Waals surface area contributed by atoms with Crippen LogP contribution >= 0.6 is 0 Å². The van der Waals surface area contributed by atoms with Crippen LogP contribution in [0.1, 0.15) is 5.56 Å². The normalized spacial score (nSPS) is 10.8. The summed E-state index contributed by atoms with van der Waals surface area (Å²) in [5, 5.41) is 0. The molecule has 3 aromatic rings. The molecule has 0 atom stereocenters. The maximum atomic E-state index is 5.81. The number of aromatic nitrogens is 3. The van der Waals surface area contributed by atoms with Crippen LogP contribution in [0.5, 0.6) is 11.5 Å². The van der Waals surface area contributed by atoms with E-state index in [9.17, 15) is 0 Å². The Hall–Kier alpha value is -2.56. The topological polar surface area (TPSA) is 66.0 Å². The Labute approximate surface area is 110 Å². The first kappa shape index (κ1) is 11.5. The second-order valence-corrected chi connectivity index (χ2v) is 4.50. The summed E-state index contributed by atoms with van der Waals surface area (Å²) in [7, 11) is 1.91. The molecule has 0 bridgehead atoms. The highest BCUT2D eigenvalue weighted by Gasteiger charge is 2.06. The Morgan fingerprint density at radius 1 is 1.21 bits per heavy atom. The van der Waals surface area contributed by atoms with Crippen molar-refractivity contribution in [2.75, 3.05) is 5.73 Å². The van der Waals surface area contributed by atoms with Gasteiger partial charge in [0.25, 0.3) is 0 Å². The molecule has 0 aliphatic carbocycles. The molecule has 2 aromatic heterocycles. The third-order valence-electron chi connectivity index (χ3n) is 2.95. The van der Waals surface area contributed by atoms with Crippen molar-refractivity contribution in [1.82, 2.24) is 14.5 Å². The molecule has 5 nitrogen and oxygen atoms in total. The molecule has 19 heavy (non-hydrogen) atoms. The molecule has 3 rings (SSSR count). The van der Waals surface area contributed by atoms with Gasteiger partial charge in [0.05, 0.1) is 12.5 Å². The van der Waals surface area contributed by atoms with Crippen LogP contribution in [0.2, 0.25) is 0 Å². The van der Waals surface area contributed by atoms with Crippen molar-refractivity contribution in [2.45, 2.75) is 6.92 Å². The van der Waals surface area contributed by atoms with Crippen LogP contribution in [0.15, 0.2) is 36.8 Å². The van der Waals surface area contributed by atoms with Gasteiger partial charge in [-0.2, -0.15) is 0 Å². The summed E-state index contributed by atoms with van der Waals surface area (Å²) in [6.45, 7) is 1.96. The van der Waals surface area contributed by atoms with Gasteiger partial charge in [0.15, 0.2) is 5.65 Å². The fourth-order valence-electron chi connectivity index (χ4n) is 1.97. The van der Waals surface area contributed by atoms with Crippen molar-refractivity contribution < 1.29 is 4.74 Å². The summed E-state index contributed by atoms with van der Waals surface area (Å²) < 4.78 is 7.68. The lowest BCUT2D eigenvalue weighted by Crippen LogP contribution is -1.92. The number of hydrogen-bond acceptors (Lipinski definition) is 4. The molecule has 0 aliphatic rings. The summed E-state index contributed by atoms with van der Waals surface area (Å²) in [4.78, 5) is 8.59. The molecule has 0 aliphatic heterocycles. The van der Waals surface area contributed by atoms with Gasteiger partial charge < -0.3 is 15.0 Å². The maximum Gasteiger partial charge on any atom is 0.159 e. The Bertz CT molecular complexity index is 748. The van der Waals surface area contributed by atoms with Crippen LogP contribution in [0, 0.1) is 6.92 Å². The van der Waals surface area contributed by atoms with Crippen LogP contribution in [-0.2, 0) is 7.05 Å². The number of fused-ring (bicyclic) bond motifs is 1. The zero-order valence-corrected chi connectivity index (χ0v) is 10.8. The van der Waals surface area contributed by atoms with E-state index in [1.807, 2.05) is 42.8 Å². The van der Waals surface area contributed by atoms with Gasteiger partial charge in [-0.1, -0.05) is 0 Å². The first-order valence-corrected chi connectivity index (χ1v) is 5.94. The Kier molecular flexibility index (Phi) is 2.59. The van der Waals surface area contributed by atoms with Crippen molar-refractivity contribution in [2.24, 2.45) is 7.05 Å². The van der Waals surface area contributed by atoms with Crippen molar-refractivity contribution in [3.63, 3.8) is 0 Å². The quantitative estimate of drug-likeness (QED) is 0.714. The van der Waals surface area contributed by atoms with Crippen molar-refractivity contribution in [3.8, 4) is 11.5 Å². The molecule has 0 fully saturated rings. The van der Waals surface area contributed by atoms with Gasteiger partial charge in [-0.3, -0.25) is 0 Å². The number of anilines is 1. The van der Waals surface area contributed by atoms with E-state index in [-0.39, 0.29) is 0 Å². The van der Waals surface area contributed by atoms with Gasteiger partial charge in [-0.25, -0.2) is 9.97 Å². The molecule has 2 heterocycles. The number of ether oxygens (including phenoxy) is 1.